The van der Waals surface area contributed by atoms with Gasteiger partial charge in [-0.2, -0.15) is 18.3 Å². The van der Waals surface area contributed by atoms with Gasteiger partial charge in [-0.25, -0.2) is 5.43 Å². The highest BCUT2D eigenvalue weighted by molar-refractivity contribution is 5.81. The molecule has 1 N–H and O–H groups in total. The van der Waals surface area contributed by atoms with Crippen LogP contribution < -0.4 is 10.2 Å². The molecule has 162 valence electrons. The van der Waals surface area contributed by atoms with E-state index in [-0.39, 0.29) is 23.7 Å². The zero-order chi connectivity index (χ0) is 22.6. The van der Waals surface area contributed by atoms with Gasteiger partial charge in [0.1, 0.15) is 17.3 Å². The molecule has 2 aromatic carbocycles. The van der Waals surface area contributed by atoms with Gasteiger partial charge in [0.15, 0.2) is 6.61 Å². The van der Waals surface area contributed by atoms with Crippen molar-refractivity contribution in [3.63, 3.8) is 0 Å². The number of nitrogens with zero attached hydrogens (tertiary/aromatic N) is 1. The highest BCUT2D eigenvalue weighted by atomic mass is 19.4. The van der Waals surface area contributed by atoms with Crippen LogP contribution in [0.4, 0.5) is 13.2 Å². The summed E-state index contributed by atoms with van der Waals surface area (Å²) in [6.45, 7) is 5.57. The van der Waals surface area contributed by atoms with Crippen molar-refractivity contribution in [2.24, 2.45) is 5.10 Å². The van der Waals surface area contributed by atoms with E-state index in [0.717, 1.165) is 28.8 Å². The number of nitrogens with one attached hydrogen (secondary N) is 1. The molecule has 0 aliphatic carbocycles. The molecule has 0 saturated heterocycles. The van der Waals surface area contributed by atoms with Crippen molar-refractivity contribution in [2.75, 3.05) is 6.61 Å². The summed E-state index contributed by atoms with van der Waals surface area (Å²) in [5.41, 5.74) is 4.81. The number of carbonyl (C=O) groups is 1. The first-order valence-corrected chi connectivity index (χ1v) is 9.44. The number of furan rings is 1. The van der Waals surface area contributed by atoms with Crippen molar-refractivity contribution in [2.45, 2.75) is 26.9 Å². The minimum Gasteiger partial charge on any atom is -0.483 e. The first kappa shape index (κ1) is 22.1. The molecule has 0 aliphatic heterocycles. The van der Waals surface area contributed by atoms with Crippen LogP contribution in [0.1, 0.15) is 28.0 Å². The summed E-state index contributed by atoms with van der Waals surface area (Å²) in [7, 11) is 0. The fourth-order valence-electron chi connectivity index (χ4n) is 2.91. The second-order valence-corrected chi connectivity index (χ2v) is 7.02. The molecule has 0 atom stereocenters. The number of amides is 1. The zero-order valence-electron chi connectivity index (χ0n) is 17.2. The van der Waals surface area contributed by atoms with E-state index in [2.05, 4.69) is 10.5 Å². The Morgan fingerprint density at radius 3 is 2.58 bits per heavy atom. The normalized spacial score (nSPS) is 11.7. The molecule has 0 bridgehead atoms. The second kappa shape index (κ2) is 9.07. The maximum atomic E-state index is 12.9. The van der Waals surface area contributed by atoms with E-state index in [9.17, 15) is 18.0 Å². The largest absolute Gasteiger partial charge is 0.483 e. The smallest absolute Gasteiger partial charge is 0.416 e. The number of alkyl halides is 3. The SMILES string of the molecule is Cc1ccc(C)c(OCC(=O)N/N=C/c2ccc(-c3cccc(C(F)(F)F)c3)o2)c1C. The van der Waals surface area contributed by atoms with Crippen molar-refractivity contribution >= 4 is 12.1 Å². The predicted octanol–water partition coefficient (Wildman–Crippen LogP) is 5.42. The van der Waals surface area contributed by atoms with Gasteiger partial charge in [-0.3, -0.25) is 4.79 Å². The van der Waals surface area contributed by atoms with Gasteiger partial charge >= 0.3 is 6.18 Å². The number of hydrogen-bond donors (Lipinski definition) is 1. The van der Waals surface area contributed by atoms with Crippen LogP contribution in [-0.2, 0) is 11.0 Å². The lowest BCUT2D eigenvalue weighted by molar-refractivity contribution is -0.137. The quantitative estimate of drug-likeness (QED) is 0.420. The van der Waals surface area contributed by atoms with Gasteiger partial charge in [-0.1, -0.05) is 24.3 Å². The average Bonchev–Trinajstić information content (AvgIpc) is 3.19. The molecule has 0 fully saturated rings. The Morgan fingerprint density at radius 2 is 1.84 bits per heavy atom. The Bertz CT molecular complexity index is 1120. The van der Waals surface area contributed by atoms with E-state index in [4.69, 9.17) is 9.15 Å². The summed E-state index contributed by atoms with van der Waals surface area (Å²) in [6.07, 6.45) is -3.17. The lowest BCUT2D eigenvalue weighted by Crippen LogP contribution is -2.25. The van der Waals surface area contributed by atoms with Gasteiger partial charge in [0.2, 0.25) is 0 Å². The van der Waals surface area contributed by atoms with Crippen molar-refractivity contribution < 1.29 is 27.1 Å². The number of hydrogen-bond acceptors (Lipinski definition) is 4. The first-order chi connectivity index (χ1) is 14.6. The molecular formula is C23H21F3N2O3. The van der Waals surface area contributed by atoms with E-state index in [1.54, 1.807) is 6.07 Å². The third-order valence-corrected chi connectivity index (χ3v) is 4.70. The van der Waals surface area contributed by atoms with Crippen LogP contribution in [0.3, 0.4) is 0 Å². The van der Waals surface area contributed by atoms with E-state index in [1.807, 2.05) is 32.9 Å². The molecule has 1 heterocycles. The standard InChI is InChI=1S/C23H21F3N2O3/c1-14-7-8-15(2)22(16(14)3)30-13-21(29)28-27-12-19-9-10-20(31-19)17-5-4-6-18(11-17)23(24,25)26/h4-12H,13H2,1-3H3,(H,28,29)/b27-12+. The van der Waals surface area contributed by atoms with E-state index in [1.165, 1.54) is 24.4 Å². The number of aryl methyl sites for hydroxylation is 2. The first-order valence-electron chi connectivity index (χ1n) is 9.44. The molecule has 3 aromatic rings. The summed E-state index contributed by atoms with van der Waals surface area (Å²) in [4.78, 5) is 12.0. The van der Waals surface area contributed by atoms with Gasteiger partial charge in [-0.15, -0.1) is 0 Å². The molecule has 0 aliphatic rings. The third-order valence-electron chi connectivity index (χ3n) is 4.70. The summed E-state index contributed by atoms with van der Waals surface area (Å²) in [5.74, 6) is 0.740. The summed E-state index contributed by atoms with van der Waals surface area (Å²) >= 11 is 0. The summed E-state index contributed by atoms with van der Waals surface area (Å²) in [5, 5.41) is 3.80. The Kier molecular flexibility index (Phi) is 6.48. The van der Waals surface area contributed by atoms with Crippen molar-refractivity contribution in [1.82, 2.24) is 5.43 Å². The zero-order valence-corrected chi connectivity index (χ0v) is 17.2. The summed E-state index contributed by atoms with van der Waals surface area (Å²) in [6, 6.07) is 11.8. The maximum absolute atomic E-state index is 12.9. The van der Waals surface area contributed by atoms with Crippen LogP contribution in [0.2, 0.25) is 0 Å². The number of carbonyl (C=O) groups excluding carboxylic acids is 1. The van der Waals surface area contributed by atoms with Crippen LogP contribution in [0.5, 0.6) is 5.75 Å². The van der Waals surface area contributed by atoms with Crippen molar-refractivity contribution in [3.05, 3.63) is 76.5 Å². The van der Waals surface area contributed by atoms with Crippen LogP contribution in [-0.4, -0.2) is 18.7 Å². The second-order valence-electron chi connectivity index (χ2n) is 7.02. The number of ether oxygens (including phenoxy) is 1. The van der Waals surface area contributed by atoms with Crippen LogP contribution in [0, 0.1) is 20.8 Å². The molecule has 1 amide bonds. The monoisotopic (exact) mass is 430 g/mol. The fraction of sp³-hybridized carbons (Fsp3) is 0.217. The Balaban J connectivity index is 1.58. The third kappa shape index (κ3) is 5.53. The van der Waals surface area contributed by atoms with Crippen LogP contribution in [0.25, 0.3) is 11.3 Å². The van der Waals surface area contributed by atoms with E-state index < -0.39 is 17.6 Å². The molecule has 3 rings (SSSR count). The lowest BCUT2D eigenvalue weighted by atomic mass is 10.1. The molecule has 1 aromatic heterocycles. The van der Waals surface area contributed by atoms with Gasteiger partial charge < -0.3 is 9.15 Å². The van der Waals surface area contributed by atoms with E-state index in [0.29, 0.717) is 5.75 Å². The predicted molar refractivity (Wildman–Crippen MR) is 111 cm³/mol. The molecule has 0 radical (unpaired) electrons. The lowest BCUT2D eigenvalue weighted by Gasteiger charge is -2.13. The van der Waals surface area contributed by atoms with Crippen molar-refractivity contribution in [3.8, 4) is 17.1 Å². The summed E-state index contributed by atoms with van der Waals surface area (Å²) < 4.78 is 49.7. The minimum absolute atomic E-state index is 0.212. The minimum atomic E-state index is -4.44. The number of halogens is 3. The number of hydrazone groups is 1. The molecule has 0 saturated carbocycles. The molecular weight excluding hydrogens is 409 g/mol. The van der Waals surface area contributed by atoms with Gasteiger partial charge in [-0.05, 0) is 61.7 Å². The Hall–Kier alpha value is -3.55. The molecule has 8 heteroatoms. The molecule has 0 unspecified atom stereocenters. The highest BCUT2D eigenvalue weighted by Gasteiger charge is 2.30. The Labute approximate surface area is 177 Å². The molecule has 31 heavy (non-hydrogen) atoms. The number of benzene rings is 2. The highest BCUT2D eigenvalue weighted by Crippen LogP contribution is 2.32. The average molecular weight is 430 g/mol. The Morgan fingerprint density at radius 1 is 1.10 bits per heavy atom. The van der Waals surface area contributed by atoms with Crippen LogP contribution in [0.15, 0.2) is 58.0 Å². The molecule has 0 spiro atoms. The molecule has 5 nitrogen and oxygen atoms in total. The number of rotatable bonds is 6. The van der Waals surface area contributed by atoms with Crippen LogP contribution >= 0.6 is 0 Å². The fourth-order valence-corrected chi connectivity index (χ4v) is 2.91. The van der Waals surface area contributed by atoms with Gasteiger partial charge in [0.25, 0.3) is 5.91 Å². The van der Waals surface area contributed by atoms with Gasteiger partial charge in [0.05, 0.1) is 11.8 Å². The van der Waals surface area contributed by atoms with Gasteiger partial charge in [0, 0.05) is 5.56 Å². The van der Waals surface area contributed by atoms with E-state index >= 15 is 0 Å². The topological polar surface area (TPSA) is 63.8 Å². The van der Waals surface area contributed by atoms with Crippen molar-refractivity contribution in [1.29, 1.82) is 0 Å². The maximum Gasteiger partial charge on any atom is 0.416 e.